The van der Waals surface area contributed by atoms with Gasteiger partial charge in [0.15, 0.2) is 0 Å². The van der Waals surface area contributed by atoms with Crippen molar-refractivity contribution in [3.8, 4) is 0 Å². The molecule has 2 atom stereocenters. The van der Waals surface area contributed by atoms with E-state index in [1.807, 2.05) is 0 Å². The predicted octanol–water partition coefficient (Wildman–Crippen LogP) is 3.65. The average molecular weight is 267 g/mol. The number of ether oxygens (including phenoxy) is 1. The van der Waals surface area contributed by atoms with Gasteiger partial charge in [-0.3, -0.25) is 0 Å². The van der Waals surface area contributed by atoms with E-state index in [2.05, 4.69) is 66.8 Å². The first kappa shape index (κ1) is 13.3. The molecule has 0 bridgehead atoms. The topological polar surface area (TPSA) is 21.3 Å². The molecule has 0 saturated carbocycles. The molecule has 2 heteroatoms. The fraction of sp³-hybridized carbons (Fsp3) is 0.333. The van der Waals surface area contributed by atoms with E-state index in [-0.39, 0.29) is 6.10 Å². The molecule has 1 unspecified atom stereocenters. The van der Waals surface area contributed by atoms with Crippen molar-refractivity contribution in [2.75, 3.05) is 13.2 Å². The summed E-state index contributed by atoms with van der Waals surface area (Å²) in [7, 11) is 0. The van der Waals surface area contributed by atoms with Gasteiger partial charge in [0, 0.05) is 12.6 Å². The standard InChI is InChI=1S/C18H21NO/c1-14(15-7-3-2-4-8-15)19-13-18-17-10-6-5-9-16(17)11-12-20-18/h2-10,14,18-19H,11-13H2,1H3/t14-,18?/m1/s1. The van der Waals surface area contributed by atoms with Crippen LogP contribution < -0.4 is 5.32 Å². The summed E-state index contributed by atoms with van der Waals surface area (Å²) in [6.07, 6.45) is 1.20. The molecule has 2 nitrogen and oxygen atoms in total. The minimum Gasteiger partial charge on any atom is -0.372 e. The summed E-state index contributed by atoms with van der Waals surface area (Å²) in [5.41, 5.74) is 4.08. The number of hydrogen-bond donors (Lipinski definition) is 1. The molecule has 0 saturated heterocycles. The second-order valence-corrected chi connectivity index (χ2v) is 5.35. The van der Waals surface area contributed by atoms with Crippen LogP contribution in [-0.4, -0.2) is 13.2 Å². The highest BCUT2D eigenvalue weighted by Gasteiger charge is 2.20. The maximum atomic E-state index is 5.93. The molecule has 0 fully saturated rings. The lowest BCUT2D eigenvalue weighted by atomic mass is 9.97. The van der Waals surface area contributed by atoms with Crippen LogP contribution in [0.1, 0.15) is 35.8 Å². The third kappa shape index (κ3) is 2.92. The Bertz CT molecular complexity index is 552. The summed E-state index contributed by atoms with van der Waals surface area (Å²) in [6, 6.07) is 19.5. The van der Waals surface area contributed by atoms with Crippen molar-refractivity contribution in [3.63, 3.8) is 0 Å². The summed E-state index contributed by atoms with van der Waals surface area (Å²) < 4.78 is 5.93. The van der Waals surface area contributed by atoms with Crippen LogP contribution in [0.3, 0.4) is 0 Å². The van der Waals surface area contributed by atoms with Gasteiger partial charge in [-0.2, -0.15) is 0 Å². The average Bonchev–Trinajstić information content (AvgIpc) is 2.53. The van der Waals surface area contributed by atoms with E-state index < -0.39 is 0 Å². The molecule has 1 heterocycles. The van der Waals surface area contributed by atoms with Crippen LogP contribution in [0.5, 0.6) is 0 Å². The lowest BCUT2D eigenvalue weighted by molar-refractivity contribution is 0.0410. The van der Waals surface area contributed by atoms with Gasteiger partial charge in [0.25, 0.3) is 0 Å². The molecular weight excluding hydrogens is 246 g/mol. The van der Waals surface area contributed by atoms with E-state index in [0.717, 1.165) is 19.6 Å². The molecule has 1 N–H and O–H groups in total. The summed E-state index contributed by atoms with van der Waals surface area (Å²) in [6.45, 7) is 3.88. The third-order valence-corrected chi connectivity index (χ3v) is 4.00. The second-order valence-electron chi connectivity index (χ2n) is 5.35. The van der Waals surface area contributed by atoms with Crippen molar-refractivity contribution in [1.29, 1.82) is 0 Å². The SMILES string of the molecule is C[C@@H](NCC1OCCc2ccccc21)c1ccccc1. The molecular formula is C18H21NO. The largest absolute Gasteiger partial charge is 0.372 e. The van der Waals surface area contributed by atoms with Gasteiger partial charge in [-0.25, -0.2) is 0 Å². The molecule has 1 aliphatic rings. The minimum absolute atomic E-state index is 0.172. The lowest BCUT2D eigenvalue weighted by Gasteiger charge is -2.27. The highest BCUT2D eigenvalue weighted by atomic mass is 16.5. The Balaban J connectivity index is 1.65. The lowest BCUT2D eigenvalue weighted by Crippen LogP contribution is -2.29. The maximum Gasteiger partial charge on any atom is 0.0952 e. The zero-order valence-electron chi connectivity index (χ0n) is 11.9. The van der Waals surface area contributed by atoms with Crippen molar-refractivity contribution in [3.05, 3.63) is 71.3 Å². The van der Waals surface area contributed by atoms with E-state index in [9.17, 15) is 0 Å². The molecule has 0 amide bonds. The summed E-state index contributed by atoms with van der Waals surface area (Å²) in [5, 5.41) is 3.58. The zero-order valence-corrected chi connectivity index (χ0v) is 11.9. The van der Waals surface area contributed by atoms with Crippen molar-refractivity contribution in [1.82, 2.24) is 5.32 Å². The highest BCUT2D eigenvalue weighted by Crippen LogP contribution is 2.26. The van der Waals surface area contributed by atoms with Crippen molar-refractivity contribution >= 4 is 0 Å². The van der Waals surface area contributed by atoms with Gasteiger partial charge in [0.2, 0.25) is 0 Å². The molecule has 0 radical (unpaired) electrons. The van der Waals surface area contributed by atoms with Crippen LogP contribution in [0.15, 0.2) is 54.6 Å². The maximum absolute atomic E-state index is 5.93. The van der Waals surface area contributed by atoms with Crippen molar-refractivity contribution < 1.29 is 4.74 Å². The zero-order chi connectivity index (χ0) is 13.8. The van der Waals surface area contributed by atoms with E-state index >= 15 is 0 Å². The molecule has 2 aromatic rings. The van der Waals surface area contributed by atoms with E-state index in [4.69, 9.17) is 4.74 Å². The van der Waals surface area contributed by atoms with Crippen molar-refractivity contribution in [2.24, 2.45) is 0 Å². The van der Waals surface area contributed by atoms with E-state index in [1.165, 1.54) is 16.7 Å². The third-order valence-electron chi connectivity index (χ3n) is 4.00. The molecule has 1 aliphatic heterocycles. The molecule has 0 spiro atoms. The van der Waals surface area contributed by atoms with Crippen molar-refractivity contribution in [2.45, 2.75) is 25.5 Å². The molecule has 104 valence electrons. The molecule has 0 aromatic heterocycles. The van der Waals surface area contributed by atoms with Gasteiger partial charge in [-0.05, 0) is 30.0 Å². The van der Waals surface area contributed by atoms with Crippen LogP contribution in [0.4, 0.5) is 0 Å². The monoisotopic (exact) mass is 267 g/mol. The summed E-state index contributed by atoms with van der Waals surface area (Å²) in [5.74, 6) is 0. The van der Waals surface area contributed by atoms with E-state index in [1.54, 1.807) is 0 Å². The Morgan fingerprint density at radius 3 is 2.70 bits per heavy atom. The van der Waals surface area contributed by atoms with Gasteiger partial charge in [0.1, 0.15) is 0 Å². The van der Waals surface area contributed by atoms with Crippen LogP contribution in [0, 0.1) is 0 Å². The minimum atomic E-state index is 0.172. The van der Waals surface area contributed by atoms with Gasteiger partial charge >= 0.3 is 0 Å². The number of fused-ring (bicyclic) bond motifs is 1. The smallest absolute Gasteiger partial charge is 0.0952 e. The quantitative estimate of drug-likeness (QED) is 0.913. The highest BCUT2D eigenvalue weighted by molar-refractivity contribution is 5.31. The molecule has 3 rings (SSSR count). The van der Waals surface area contributed by atoms with Crippen LogP contribution in [-0.2, 0) is 11.2 Å². The van der Waals surface area contributed by atoms with Crippen LogP contribution in [0.2, 0.25) is 0 Å². The number of hydrogen-bond acceptors (Lipinski definition) is 2. The second kappa shape index (κ2) is 6.21. The van der Waals surface area contributed by atoms with Gasteiger partial charge in [-0.15, -0.1) is 0 Å². The first-order chi connectivity index (χ1) is 9.84. The first-order valence-electron chi connectivity index (χ1n) is 7.32. The number of nitrogens with one attached hydrogen (secondary N) is 1. The summed E-state index contributed by atoms with van der Waals surface area (Å²) >= 11 is 0. The van der Waals surface area contributed by atoms with Gasteiger partial charge in [0.05, 0.1) is 12.7 Å². The normalized spacial score (nSPS) is 19.4. The van der Waals surface area contributed by atoms with Gasteiger partial charge < -0.3 is 10.1 Å². The Labute approximate surface area is 120 Å². The molecule has 0 aliphatic carbocycles. The predicted molar refractivity (Wildman–Crippen MR) is 81.7 cm³/mol. The Hall–Kier alpha value is -1.64. The first-order valence-corrected chi connectivity index (χ1v) is 7.32. The Kier molecular flexibility index (Phi) is 4.14. The molecule has 20 heavy (non-hydrogen) atoms. The van der Waals surface area contributed by atoms with E-state index in [0.29, 0.717) is 6.04 Å². The number of rotatable bonds is 4. The van der Waals surface area contributed by atoms with Crippen LogP contribution >= 0.6 is 0 Å². The Morgan fingerprint density at radius 2 is 1.85 bits per heavy atom. The summed E-state index contributed by atoms with van der Waals surface area (Å²) in [4.78, 5) is 0. The Morgan fingerprint density at radius 1 is 1.10 bits per heavy atom. The number of benzene rings is 2. The molecule has 2 aromatic carbocycles. The fourth-order valence-corrected chi connectivity index (χ4v) is 2.79. The van der Waals surface area contributed by atoms with Gasteiger partial charge in [-0.1, -0.05) is 54.6 Å². The fourth-order valence-electron chi connectivity index (χ4n) is 2.79. The van der Waals surface area contributed by atoms with Crippen LogP contribution in [0.25, 0.3) is 0 Å².